The Morgan fingerprint density at radius 1 is 0.950 bits per heavy atom. The smallest absolute Gasteiger partial charge is 0.306 e. The van der Waals surface area contributed by atoms with Crippen molar-refractivity contribution in [3.63, 3.8) is 0 Å². The molecule has 3 aromatic rings. The molecule has 0 N–H and O–H groups in total. The molecule has 6 heteroatoms. The molecule has 1 aromatic carbocycles. The Balaban J connectivity index is 2.09. The number of aromatic nitrogens is 2. The Morgan fingerprint density at radius 2 is 1.65 bits per heavy atom. The van der Waals surface area contributed by atoms with Crippen LogP contribution in [0.5, 0.6) is 0 Å². The zero-order valence-corrected chi connectivity index (χ0v) is 11.6. The van der Waals surface area contributed by atoms with Crippen LogP contribution in [0.25, 0.3) is 16.9 Å². The van der Waals surface area contributed by atoms with E-state index in [2.05, 4.69) is 20.9 Å². The minimum absolute atomic E-state index is 0.482. The minimum atomic E-state index is -4.35. The molecular formula is C14H8BrF3N2. The summed E-state index contributed by atoms with van der Waals surface area (Å²) >= 11 is 3.33. The quantitative estimate of drug-likeness (QED) is 0.623. The SMILES string of the molecule is FC(F)(F)c1ccc2nc(-c3ccc(Br)cc3)cn2c1. The first-order chi connectivity index (χ1) is 9.43. The normalized spacial score (nSPS) is 12.0. The van der Waals surface area contributed by atoms with Crippen LogP contribution in [-0.2, 0) is 6.18 Å². The molecule has 2 aromatic heterocycles. The average molecular weight is 341 g/mol. The first-order valence-corrected chi connectivity index (χ1v) is 6.55. The Bertz CT molecular complexity index is 760. The predicted molar refractivity (Wildman–Crippen MR) is 73.3 cm³/mol. The summed E-state index contributed by atoms with van der Waals surface area (Å²) in [5.41, 5.74) is 1.28. The van der Waals surface area contributed by atoms with Crippen molar-refractivity contribution in [3.8, 4) is 11.3 Å². The molecule has 0 unspecified atom stereocenters. The maximum Gasteiger partial charge on any atom is 0.417 e. The summed E-state index contributed by atoms with van der Waals surface area (Å²) in [6.07, 6.45) is -1.71. The highest BCUT2D eigenvalue weighted by Gasteiger charge is 2.30. The van der Waals surface area contributed by atoms with E-state index >= 15 is 0 Å². The molecule has 0 aliphatic heterocycles. The van der Waals surface area contributed by atoms with Crippen molar-refractivity contribution in [1.82, 2.24) is 9.38 Å². The van der Waals surface area contributed by atoms with Crippen molar-refractivity contribution in [2.45, 2.75) is 6.18 Å². The van der Waals surface area contributed by atoms with Crippen LogP contribution in [0, 0.1) is 0 Å². The molecule has 0 aliphatic carbocycles. The summed E-state index contributed by atoms with van der Waals surface area (Å²) in [5, 5.41) is 0. The molecule has 2 nitrogen and oxygen atoms in total. The highest BCUT2D eigenvalue weighted by molar-refractivity contribution is 9.10. The van der Waals surface area contributed by atoms with Crippen LogP contribution in [0.15, 0.2) is 53.3 Å². The van der Waals surface area contributed by atoms with E-state index in [-0.39, 0.29) is 0 Å². The molecule has 0 fully saturated rings. The maximum atomic E-state index is 12.7. The van der Waals surface area contributed by atoms with Crippen molar-refractivity contribution < 1.29 is 13.2 Å². The number of fused-ring (bicyclic) bond motifs is 1. The summed E-state index contributed by atoms with van der Waals surface area (Å²) in [6, 6.07) is 9.84. The molecule has 3 rings (SSSR count). The van der Waals surface area contributed by atoms with Gasteiger partial charge in [-0.1, -0.05) is 28.1 Å². The highest BCUT2D eigenvalue weighted by Crippen LogP contribution is 2.30. The summed E-state index contributed by atoms with van der Waals surface area (Å²) in [5.74, 6) is 0. The van der Waals surface area contributed by atoms with Crippen LogP contribution in [-0.4, -0.2) is 9.38 Å². The van der Waals surface area contributed by atoms with Crippen molar-refractivity contribution in [2.75, 3.05) is 0 Å². The van der Waals surface area contributed by atoms with Gasteiger partial charge in [0.2, 0.25) is 0 Å². The summed E-state index contributed by atoms with van der Waals surface area (Å²) < 4.78 is 40.3. The second kappa shape index (κ2) is 4.63. The predicted octanol–water partition coefficient (Wildman–Crippen LogP) is 4.78. The van der Waals surface area contributed by atoms with Gasteiger partial charge in [0.05, 0.1) is 11.3 Å². The van der Waals surface area contributed by atoms with Gasteiger partial charge in [0.1, 0.15) is 5.65 Å². The lowest BCUT2D eigenvalue weighted by Crippen LogP contribution is -2.05. The fraction of sp³-hybridized carbons (Fsp3) is 0.0714. The van der Waals surface area contributed by atoms with E-state index in [4.69, 9.17) is 0 Å². The largest absolute Gasteiger partial charge is 0.417 e. The molecule has 2 heterocycles. The van der Waals surface area contributed by atoms with E-state index in [1.165, 1.54) is 10.5 Å². The van der Waals surface area contributed by atoms with Gasteiger partial charge in [-0.2, -0.15) is 13.2 Å². The van der Waals surface area contributed by atoms with Gasteiger partial charge in [0.15, 0.2) is 0 Å². The first-order valence-electron chi connectivity index (χ1n) is 5.75. The Morgan fingerprint density at radius 3 is 2.30 bits per heavy atom. The van der Waals surface area contributed by atoms with Gasteiger partial charge in [-0.3, -0.25) is 0 Å². The third-order valence-corrected chi connectivity index (χ3v) is 3.45. The second-order valence-corrected chi connectivity index (χ2v) is 5.23. The van der Waals surface area contributed by atoms with Crippen LogP contribution < -0.4 is 0 Å². The number of imidazole rings is 1. The van der Waals surface area contributed by atoms with Crippen molar-refractivity contribution in [1.29, 1.82) is 0 Å². The molecule has 0 spiro atoms. The third-order valence-electron chi connectivity index (χ3n) is 2.92. The number of nitrogens with zero attached hydrogens (tertiary/aromatic N) is 2. The van der Waals surface area contributed by atoms with Crippen LogP contribution >= 0.6 is 15.9 Å². The van der Waals surface area contributed by atoms with Gasteiger partial charge in [-0.05, 0) is 24.3 Å². The fourth-order valence-corrected chi connectivity index (χ4v) is 2.18. The molecular weight excluding hydrogens is 333 g/mol. The lowest BCUT2D eigenvalue weighted by atomic mass is 10.2. The van der Waals surface area contributed by atoms with Gasteiger partial charge >= 0.3 is 6.18 Å². The van der Waals surface area contributed by atoms with E-state index in [1.54, 1.807) is 6.20 Å². The topological polar surface area (TPSA) is 17.3 Å². The monoisotopic (exact) mass is 340 g/mol. The third kappa shape index (κ3) is 2.43. The van der Waals surface area contributed by atoms with E-state index in [0.29, 0.717) is 11.3 Å². The average Bonchev–Trinajstić information content (AvgIpc) is 2.81. The Kier molecular flexibility index (Phi) is 3.05. The molecule has 0 aliphatic rings. The minimum Gasteiger partial charge on any atom is -0.306 e. The molecule has 0 saturated heterocycles. The molecule has 0 atom stereocenters. The molecule has 0 bridgehead atoms. The van der Waals surface area contributed by atoms with Crippen LogP contribution in [0.2, 0.25) is 0 Å². The van der Waals surface area contributed by atoms with E-state index in [1.807, 2.05) is 24.3 Å². The standard InChI is InChI=1S/C14H8BrF3N2/c15-11-4-1-9(2-5-11)12-8-20-7-10(14(16,17)18)3-6-13(20)19-12/h1-8H. The van der Waals surface area contributed by atoms with E-state index < -0.39 is 11.7 Å². The number of hydrogen-bond acceptors (Lipinski definition) is 1. The number of benzene rings is 1. The van der Waals surface area contributed by atoms with E-state index in [0.717, 1.165) is 22.3 Å². The highest BCUT2D eigenvalue weighted by atomic mass is 79.9. The maximum absolute atomic E-state index is 12.7. The zero-order chi connectivity index (χ0) is 14.3. The van der Waals surface area contributed by atoms with Gasteiger partial charge in [0.25, 0.3) is 0 Å². The number of rotatable bonds is 1. The summed E-state index contributed by atoms with van der Waals surface area (Å²) in [7, 11) is 0. The van der Waals surface area contributed by atoms with Crippen molar-refractivity contribution >= 4 is 21.6 Å². The number of alkyl halides is 3. The van der Waals surface area contributed by atoms with Gasteiger partial charge in [0, 0.05) is 22.4 Å². The molecule has 0 radical (unpaired) electrons. The van der Waals surface area contributed by atoms with Crippen LogP contribution in [0.3, 0.4) is 0 Å². The number of halogens is 4. The summed E-state index contributed by atoms with van der Waals surface area (Å²) in [6.45, 7) is 0. The Hall–Kier alpha value is -1.82. The van der Waals surface area contributed by atoms with Gasteiger partial charge < -0.3 is 4.40 Å². The lowest BCUT2D eigenvalue weighted by Gasteiger charge is -2.05. The first kappa shape index (κ1) is 13.2. The fourth-order valence-electron chi connectivity index (χ4n) is 1.92. The molecule has 0 saturated carbocycles. The lowest BCUT2D eigenvalue weighted by molar-refractivity contribution is -0.137. The zero-order valence-electron chi connectivity index (χ0n) is 10.0. The van der Waals surface area contributed by atoms with Crippen molar-refractivity contribution in [3.05, 3.63) is 58.8 Å². The summed E-state index contributed by atoms with van der Waals surface area (Å²) in [4.78, 5) is 4.32. The molecule has 0 amide bonds. The molecule has 102 valence electrons. The van der Waals surface area contributed by atoms with Crippen LogP contribution in [0.1, 0.15) is 5.56 Å². The van der Waals surface area contributed by atoms with Gasteiger partial charge in [-0.15, -0.1) is 0 Å². The van der Waals surface area contributed by atoms with Crippen LogP contribution in [0.4, 0.5) is 13.2 Å². The number of hydrogen-bond donors (Lipinski definition) is 0. The second-order valence-electron chi connectivity index (χ2n) is 4.31. The Labute approximate surface area is 121 Å². The van der Waals surface area contributed by atoms with E-state index in [9.17, 15) is 13.2 Å². The molecule has 20 heavy (non-hydrogen) atoms. The van der Waals surface area contributed by atoms with Crippen molar-refractivity contribution in [2.24, 2.45) is 0 Å². The number of pyridine rings is 1. The van der Waals surface area contributed by atoms with Gasteiger partial charge in [-0.25, -0.2) is 4.98 Å².